The van der Waals surface area contributed by atoms with Gasteiger partial charge in [0.25, 0.3) is 5.91 Å². The van der Waals surface area contributed by atoms with E-state index in [1.807, 2.05) is 0 Å². The van der Waals surface area contributed by atoms with Gasteiger partial charge in [-0.3, -0.25) is 4.79 Å². The molecule has 1 aliphatic rings. The molecule has 0 saturated carbocycles. The van der Waals surface area contributed by atoms with Gasteiger partial charge in [0.15, 0.2) is 0 Å². The maximum absolute atomic E-state index is 12.9. The quantitative estimate of drug-likeness (QED) is 0.572. The summed E-state index contributed by atoms with van der Waals surface area (Å²) in [6, 6.07) is 7.91. The topological polar surface area (TPSA) is 109 Å². The number of amides is 1. The first-order valence-electron chi connectivity index (χ1n) is 11.1. The van der Waals surface area contributed by atoms with Crippen molar-refractivity contribution in [2.75, 3.05) is 26.2 Å². The molecule has 0 aliphatic carbocycles. The second-order valence-electron chi connectivity index (χ2n) is 8.06. The third kappa shape index (κ3) is 5.48. The van der Waals surface area contributed by atoms with Gasteiger partial charge in [-0.2, -0.15) is 8.61 Å². The fourth-order valence-electron chi connectivity index (χ4n) is 3.96. The summed E-state index contributed by atoms with van der Waals surface area (Å²) in [6.07, 6.45) is 4.18. The van der Waals surface area contributed by atoms with Crippen molar-refractivity contribution in [2.45, 2.75) is 49.4 Å². The van der Waals surface area contributed by atoms with Crippen molar-refractivity contribution in [1.82, 2.24) is 18.5 Å². The van der Waals surface area contributed by atoms with Gasteiger partial charge in [-0.05, 0) is 36.6 Å². The SMILES string of the molecule is CCN(CC)S(=O)(=O)c1cc(C(=O)NCc2cccc(S(=O)(=O)N3CCCCC3)c2)n(C)c1. The summed E-state index contributed by atoms with van der Waals surface area (Å²) in [5.41, 5.74) is 0.851. The van der Waals surface area contributed by atoms with E-state index in [2.05, 4.69) is 5.32 Å². The fourth-order valence-corrected chi connectivity index (χ4v) is 7.07. The lowest BCUT2D eigenvalue weighted by molar-refractivity contribution is 0.0942. The van der Waals surface area contributed by atoms with E-state index < -0.39 is 26.0 Å². The summed E-state index contributed by atoms with van der Waals surface area (Å²) < 4.78 is 55.6. The van der Waals surface area contributed by atoms with E-state index in [4.69, 9.17) is 0 Å². The van der Waals surface area contributed by atoms with Crippen LogP contribution in [0.25, 0.3) is 0 Å². The summed E-state index contributed by atoms with van der Waals surface area (Å²) in [5, 5.41) is 2.76. The molecule has 1 amide bonds. The number of hydrogen-bond donors (Lipinski definition) is 1. The van der Waals surface area contributed by atoms with Gasteiger partial charge < -0.3 is 9.88 Å². The highest BCUT2D eigenvalue weighted by molar-refractivity contribution is 7.89. The van der Waals surface area contributed by atoms with Crippen LogP contribution in [0.5, 0.6) is 0 Å². The van der Waals surface area contributed by atoms with E-state index in [-0.39, 0.29) is 22.0 Å². The highest BCUT2D eigenvalue weighted by atomic mass is 32.2. The maximum Gasteiger partial charge on any atom is 0.268 e. The van der Waals surface area contributed by atoms with Crippen molar-refractivity contribution >= 4 is 26.0 Å². The maximum atomic E-state index is 12.9. The average molecular weight is 497 g/mol. The smallest absolute Gasteiger partial charge is 0.268 e. The molecule has 1 saturated heterocycles. The monoisotopic (exact) mass is 496 g/mol. The minimum absolute atomic E-state index is 0.0634. The summed E-state index contributed by atoms with van der Waals surface area (Å²) >= 11 is 0. The van der Waals surface area contributed by atoms with Crippen LogP contribution < -0.4 is 5.32 Å². The van der Waals surface area contributed by atoms with Crippen molar-refractivity contribution in [2.24, 2.45) is 7.05 Å². The third-order valence-corrected chi connectivity index (χ3v) is 9.77. The zero-order chi connectivity index (χ0) is 24.2. The Morgan fingerprint density at radius 2 is 1.67 bits per heavy atom. The molecule has 0 radical (unpaired) electrons. The molecular weight excluding hydrogens is 464 g/mol. The van der Waals surface area contributed by atoms with Crippen molar-refractivity contribution in [3.8, 4) is 0 Å². The van der Waals surface area contributed by atoms with Gasteiger partial charge in [0.2, 0.25) is 20.0 Å². The Balaban J connectivity index is 1.73. The van der Waals surface area contributed by atoms with Crippen LogP contribution in [-0.2, 0) is 33.6 Å². The Morgan fingerprint density at radius 1 is 1.00 bits per heavy atom. The minimum Gasteiger partial charge on any atom is -0.347 e. The van der Waals surface area contributed by atoms with Crippen molar-refractivity contribution in [1.29, 1.82) is 0 Å². The largest absolute Gasteiger partial charge is 0.347 e. The molecule has 9 nitrogen and oxygen atoms in total. The van der Waals surface area contributed by atoms with Crippen LogP contribution in [0, 0.1) is 0 Å². The number of carbonyl (C=O) groups excluding carboxylic acids is 1. The highest BCUT2D eigenvalue weighted by Gasteiger charge is 2.27. The summed E-state index contributed by atoms with van der Waals surface area (Å²) in [5.74, 6) is -0.442. The minimum atomic E-state index is -3.68. The molecule has 1 aromatic carbocycles. The lowest BCUT2D eigenvalue weighted by atomic mass is 10.2. The van der Waals surface area contributed by atoms with E-state index in [9.17, 15) is 21.6 Å². The molecular formula is C22H32N4O5S2. The van der Waals surface area contributed by atoms with Gasteiger partial charge in [-0.25, -0.2) is 16.8 Å². The molecule has 2 aromatic rings. The molecule has 182 valence electrons. The van der Waals surface area contributed by atoms with E-state index in [0.717, 1.165) is 19.3 Å². The van der Waals surface area contributed by atoms with Gasteiger partial charge in [0.1, 0.15) is 10.6 Å². The number of sulfonamides is 2. The van der Waals surface area contributed by atoms with E-state index >= 15 is 0 Å². The third-order valence-electron chi connectivity index (χ3n) is 5.86. The van der Waals surface area contributed by atoms with Crippen LogP contribution in [-0.4, -0.2) is 62.1 Å². The lowest BCUT2D eigenvalue weighted by Gasteiger charge is -2.26. The first-order chi connectivity index (χ1) is 15.6. The molecule has 1 fully saturated rings. The Morgan fingerprint density at radius 3 is 2.30 bits per heavy atom. The zero-order valence-electron chi connectivity index (χ0n) is 19.3. The Labute approximate surface area is 196 Å². The number of carbonyl (C=O) groups is 1. The van der Waals surface area contributed by atoms with Crippen molar-refractivity contribution < 1.29 is 21.6 Å². The van der Waals surface area contributed by atoms with Gasteiger partial charge >= 0.3 is 0 Å². The molecule has 1 aliphatic heterocycles. The predicted molar refractivity (Wildman–Crippen MR) is 126 cm³/mol. The van der Waals surface area contributed by atoms with Gasteiger partial charge in [-0.15, -0.1) is 0 Å². The predicted octanol–water partition coefficient (Wildman–Crippen LogP) is 2.16. The summed E-state index contributed by atoms with van der Waals surface area (Å²) in [6.45, 7) is 5.36. The molecule has 0 bridgehead atoms. The lowest BCUT2D eigenvalue weighted by Crippen LogP contribution is -2.35. The number of benzene rings is 1. The van der Waals surface area contributed by atoms with Crippen LogP contribution in [0.4, 0.5) is 0 Å². The van der Waals surface area contributed by atoms with Gasteiger partial charge in [-0.1, -0.05) is 32.4 Å². The first kappa shape index (κ1) is 25.4. The summed E-state index contributed by atoms with van der Waals surface area (Å²) in [4.78, 5) is 13.0. The zero-order valence-corrected chi connectivity index (χ0v) is 21.0. The molecule has 0 unspecified atom stereocenters. The molecule has 11 heteroatoms. The van der Waals surface area contributed by atoms with Crippen molar-refractivity contribution in [3.05, 3.63) is 47.8 Å². The highest BCUT2D eigenvalue weighted by Crippen LogP contribution is 2.22. The molecule has 33 heavy (non-hydrogen) atoms. The normalized spacial score (nSPS) is 15.6. The number of nitrogens with one attached hydrogen (secondary N) is 1. The van der Waals surface area contributed by atoms with E-state index in [1.165, 1.54) is 25.4 Å². The van der Waals surface area contributed by atoms with Crippen LogP contribution in [0.15, 0.2) is 46.3 Å². The molecule has 1 N–H and O–H groups in total. The Hall–Kier alpha value is -2.21. The summed E-state index contributed by atoms with van der Waals surface area (Å²) in [7, 11) is -5.63. The standard InChI is InChI=1S/C22H32N4O5S2/c1-4-25(5-2)33(30,31)20-15-21(24(3)17-20)22(27)23-16-18-10-9-11-19(14-18)32(28,29)26-12-7-6-8-13-26/h9-11,14-15,17H,4-8,12-13,16H2,1-3H3,(H,23,27). The van der Waals surface area contributed by atoms with Gasteiger partial charge in [0, 0.05) is 46.0 Å². The average Bonchev–Trinajstić information content (AvgIpc) is 3.21. The Kier molecular flexibility index (Phi) is 7.99. The molecule has 2 heterocycles. The van der Waals surface area contributed by atoms with Crippen LogP contribution in [0.3, 0.4) is 0 Å². The number of rotatable bonds is 9. The Bertz CT molecular complexity index is 1200. The molecule has 1 aromatic heterocycles. The van der Waals surface area contributed by atoms with Crippen LogP contribution in [0.1, 0.15) is 49.2 Å². The fraction of sp³-hybridized carbons (Fsp3) is 0.500. The van der Waals surface area contributed by atoms with Gasteiger partial charge in [0.05, 0.1) is 4.90 Å². The number of aryl methyl sites for hydroxylation is 1. The number of hydrogen-bond acceptors (Lipinski definition) is 5. The van der Waals surface area contributed by atoms with Crippen LogP contribution in [0.2, 0.25) is 0 Å². The molecule has 0 spiro atoms. The van der Waals surface area contributed by atoms with E-state index in [1.54, 1.807) is 45.2 Å². The molecule has 3 rings (SSSR count). The second-order valence-corrected chi connectivity index (χ2v) is 11.9. The first-order valence-corrected chi connectivity index (χ1v) is 14.0. The molecule has 0 atom stereocenters. The van der Waals surface area contributed by atoms with E-state index in [0.29, 0.717) is 31.7 Å². The second kappa shape index (κ2) is 10.4. The number of aromatic nitrogens is 1. The van der Waals surface area contributed by atoms with Crippen LogP contribution >= 0.6 is 0 Å². The van der Waals surface area contributed by atoms with Crippen molar-refractivity contribution in [3.63, 3.8) is 0 Å². The number of nitrogens with zero attached hydrogens (tertiary/aromatic N) is 3. The number of piperidine rings is 1.